The normalized spacial score (nSPS) is 15.4. The van der Waals surface area contributed by atoms with Crippen molar-refractivity contribution in [3.63, 3.8) is 0 Å². The van der Waals surface area contributed by atoms with Gasteiger partial charge in [0.15, 0.2) is 17.4 Å². The number of aromatic nitrogens is 3. The summed E-state index contributed by atoms with van der Waals surface area (Å²) >= 11 is 1.26. The molecule has 0 radical (unpaired) electrons. The molecule has 1 atom stereocenters. The van der Waals surface area contributed by atoms with Gasteiger partial charge in [0.05, 0.1) is 5.25 Å². The third kappa shape index (κ3) is 5.84. The number of para-hydroxylation sites is 1. The van der Waals surface area contributed by atoms with E-state index >= 15 is 0 Å². The number of piperidine rings is 1. The van der Waals surface area contributed by atoms with Crippen molar-refractivity contribution in [1.82, 2.24) is 19.8 Å². The molecule has 1 aliphatic heterocycles. The van der Waals surface area contributed by atoms with Crippen LogP contribution in [-0.4, -0.2) is 44.0 Å². The molecular formula is C24H28FN5O2S. The van der Waals surface area contributed by atoms with Gasteiger partial charge in [-0.2, -0.15) is 0 Å². The van der Waals surface area contributed by atoms with Crippen LogP contribution < -0.4 is 10.6 Å². The number of carbonyl (C=O) groups excluding carboxylic acids is 1. The smallest absolute Gasteiger partial charge is 0.235 e. The molecule has 174 valence electrons. The summed E-state index contributed by atoms with van der Waals surface area (Å²) in [6.45, 7) is 3.35. The lowest BCUT2D eigenvalue weighted by Gasteiger charge is -2.33. The van der Waals surface area contributed by atoms with Crippen LogP contribution in [0, 0.1) is 11.7 Å². The largest absolute Gasteiger partial charge is 0.482 e. The maximum atomic E-state index is 13.7. The fourth-order valence-corrected chi connectivity index (χ4v) is 4.83. The van der Waals surface area contributed by atoms with Crippen molar-refractivity contribution < 1.29 is 13.9 Å². The summed E-state index contributed by atoms with van der Waals surface area (Å²) in [6, 6.07) is 16.6. The highest BCUT2D eigenvalue weighted by atomic mass is 32.2. The molecule has 2 N–H and O–H groups in total. The third-order valence-corrected chi connectivity index (χ3v) is 6.90. The molecule has 2 aromatic carbocycles. The first-order valence-electron chi connectivity index (χ1n) is 11.1. The summed E-state index contributed by atoms with van der Waals surface area (Å²) in [5, 5.41) is 8.19. The fraction of sp³-hybridized carbons (Fsp3) is 0.375. The predicted molar refractivity (Wildman–Crippen MR) is 126 cm³/mol. The molecule has 4 rings (SSSR count). The molecule has 7 nitrogen and oxygen atoms in total. The maximum absolute atomic E-state index is 13.7. The number of thioether (sulfide) groups is 1. The van der Waals surface area contributed by atoms with Gasteiger partial charge in [-0.1, -0.05) is 54.2 Å². The molecular weight excluding hydrogens is 441 g/mol. The van der Waals surface area contributed by atoms with Crippen LogP contribution in [0.25, 0.3) is 0 Å². The van der Waals surface area contributed by atoms with E-state index in [0.29, 0.717) is 16.9 Å². The number of hydrogen-bond donors (Lipinski definition) is 1. The van der Waals surface area contributed by atoms with Crippen LogP contribution in [0.4, 0.5) is 4.39 Å². The molecule has 1 aliphatic rings. The van der Waals surface area contributed by atoms with Crippen molar-refractivity contribution in [2.75, 3.05) is 18.9 Å². The molecule has 2 heterocycles. The Morgan fingerprint density at radius 3 is 2.58 bits per heavy atom. The highest BCUT2D eigenvalue weighted by Crippen LogP contribution is 2.26. The lowest BCUT2D eigenvalue weighted by molar-refractivity contribution is -0.131. The zero-order chi connectivity index (χ0) is 23.2. The van der Waals surface area contributed by atoms with Crippen molar-refractivity contribution in [1.29, 1.82) is 0 Å². The van der Waals surface area contributed by atoms with Crippen molar-refractivity contribution in [2.45, 2.75) is 43.2 Å². The quantitative estimate of drug-likeness (QED) is 0.400. The van der Waals surface area contributed by atoms with Gasteiger partial charge < -0.3 is 15.5 Å². The highest BCUT2D eigenvalue weighted by Gasteiger charge is 2.28. The standard InChI is InChI=1S/C24H28FN5O2S/c1-17(23(31)29-13-11-19(12-14-29)15-18-7-3-2-4-8-18)33-24-28-27-22(30(24)26)16-32-21-10-6-5-9-20(21)25/h2-10,17,19H,11-16,26H2,1H3. The number of nitrogens with zero attached hydrogens (tertiary/aromatic N) is 4. The summed E-state index contributed by atoms with van der Waals surface area (Å²) in [5.74, 6) is 6.78. The van der Waals surface area contributed by atoms with Crippen molar-refractivity contribution in [3.05, 3.63) is 71.8 Å². The van der Waals surface area contributed by atoms with E-state index in [0.717, 1.165) is 32.4 Å². The van der Waals surface area contributed by atoms with Gasteiger partial charge in [-0.15, -0.1) is 10.2 Å². The Morgan fingerprint density at radius 2 is 1.85 bits per heavy atom. The first-order valence-corrected chi connectivity index (χ1v) is 11.9. The number of likely N-dealkylation sites (tertiary alicyclic amines) is 1. The second-order valence-corrected chi connectivity index (χ2v) is 9.51. The number of ether oxygens (including phenoxy) is 1. The van der Waals surface area contributed by atoms with Gasteiger partial charge in [-0.3, -0.25) is 4.79 Å². The van der Waals surface area contributed by atoms with E-state index in [9.17, 15) is 9.18 Å². The Bertz CT molecular complexity index is 1070. The average molecular weight is 470 g/mol. The molecule has 9 heteroatoms. The molecule has 1 amide bonds. The van der Waals surface area contributed by atoms with E-state index < -0.39 is 5.82 Å². The second-order valence-electron chi connectivity index (χ2n) is 8.21. The molecule has 1 unspecified atom stereocenters. The Morgan fingerprint density at radius 1 is 1.15 bits per heavy atom. The number of rotatable bonds is 8. The SMILES string of the molecule is CC(Sc1nnc(COc2ccccc2F)n1N)C(=O)N1CCC(Cc2ccccc2)CC1. The molecule has 0 spiro atoms. The zero-order valence-corrected chi connectivity index (χ0v) is 19.4. The summed E-state index contributed by atoms with van der Waals surface area (Å²) in [4.78, 5) is 14.9. The minimum atomic E-state index is -0.457. The summed E-state index contributed by atoms with van der Waals surface area (Å²) in [6.07, 6.45) is 3.06. The molecule has 33 heavy (non-hydrogen) atoms. The van der Waals surface area contributed by atoms with E-state index in [-0.39, 0.29) is 23.5 Å². The Balaban J connectivity index is 1.27. The Hall–Kier alpha value is -3.07. The van der Waals surface area contributed by atoms with E-state index in [1.165, 1.54) is 34.1 Å². The third-order valence-electron chi connectivity index (χ3n) is 5.85. The van der Waals surface area contributed by atoms with Crippen LogP contribution in [0.2, 0.25) is 0 Å². The number of amides is 1. The number of nitrogens with two attached hydrogens (primary N) is 1. The number of nitrogen functional groups attached to an aromatic ring is 1. The lowest BCUT2D eigenvalue weighted by Crippen LogP contribution is -2.42. The minimum absolute atomic E-state index is 0.0255. The Labute approximate surface area is 197 Å². The molecule has 1 fully saturated rings. The van der Waals surface area contributed by atoms with Crippen LogP contribution in [0.15, 0.2) is 59.8 Å². The summed E-state index contributed by atoms with van der Waals surface area (Å²) in [7, 11) is 0. The highest BCUT2D eigenvalue weighted by molar-refractivity contribution is 8.00. The first-order chi connectivity index (χ1) is 16.0. The molecule has 1 saturated heterocycles. The first kappa shape index (κ1) is 23.1. The molecule has 3 aromatic rings. The molecule has 0 saturated carbocycles. The molecule has 0 aliphatic carbocycles. The fourth-order valence-electron chi connectivity index (χ4n) is 3.96. The van der Waals surface area contributed by atoms with Gasteiger partial charge in [0.2, 0.25) is 11.1 Å². The van der Waals surface area contributed by atoms with Crippen LogP contribution in [0.3, 0.4) is 0 Å². The monoisotopic (exact) mass is 469 g/mol. The van der Waals surface area contributed by atoms with Crippen molar-refractivity contribution in [2.24, 2.45) is 5.92 Å². The van der Waals surface area contributed by atoms with E-state index in [1.54, 1.807) is 12.1 Å². The predicted octanol–water partition coefficient (Wildman–Crippen LogP) is 3.67. The Kier molecular flexibility index (Phi) is 7.49. The average Bonchev–Trinajstić information content (AvgIpc) is 3.18. The molecule has 1 aromatic heterocycles. The summed E-state index contributed by atoms with van der Waals surface area (Å²) < 4.78 is 20.5. The number of halogens is 1. The van der Waals surface area contributed by atoms with Crippen LogP contribution in [0.5, 0.6) is 5.75 Å². The van der Waals surface area contributed by atoms with Crippen LogP contribution >= 0.6 is 11.8 Å². The van der Waals surface area contributed by atoms with Gasteiger partial charge in [0.25, 0.3) is 0 Å². The van der Waals surface area contributed by atoms with Gasteiger partial charge in [0, 0.05) is 13.1 Å². The van der Waals surface area contributed by atoms with Crippen LogP contribution in [0.1, 0.15) is 31.2 Å². The number of carbonyl (C=O) groups is 1. The minimum Gasteiger partial charge on any atom is -0.482 e. The zero-order valence-electron chi connectivity index (χ0n) is 18.6. The van der Waals surface area contributed by atoms with Gasteiger partial charge in [-0.05, 0) is 49.8 Å². The van der Waals surface area contributed by atoms with E-state index in [2.05, 4.69) is 34.5 Å². The molecule has 0 bridgehead atoms. The van der Waals surface area contributed by atoms with Gasteiger partial charge >= 0.3 is 0 Å². The van der Waals surface area contributed by atoms with Gasteiger partial charge in [0.1, 0.15) is 6.61 Å². The second kappa shape index (κ2) is 10.7. The number of hydrogen-bond acceptors (Lipinski definition) is 6. The van der Waals surface area contributed by atoms with Crippen LogP contribution in [-0.2, 0) is 17.8 Å². The number of benzene rings is 2. The summed E-state index contributed by atoms with van der Waals surface area (Å²) in [5.41, 5.74) is 1.35. The van der Waals surface area contributed by atoms with E-state index in [1.807, 2.05) is 17.9 Å². The van der Waals surface area contributed by atoms with Crippen molar-refractivity contribution in [3.8, 4) is 5.75 Å². The van der Waals surface area contributed by atoms with Gasteiger partial charge in [-0.25, -0.2) is 9.07 Å². The lowest BCUT2D eigenvalue weighted by atomic mass is 9.90. The maximum Gasteiger partial charge on any atom is 0.235 e. The van der Waals surface area contributed by atoms with Crippen molar-refractivity contribution >= 4 is 17.7 Å². The topological polar surface area (TPSA) is 86.3 Å². The van der Waals surface area contributed by atoms with E-state index in [4.69, 9.17) is 10.6 Å².